The number of benzene rings is 2. The molecule has 1 aromatic heterocycles. The summed E-state index contributed by atoms with van der Waals surface area (Å²) in [6, 6.07) is 16.5. The highest BCUT2D eigenvalue weighted by molar-refractivity contribution is 6.30. The predicted molar refractivity (Wildman–Crippen MR) is 131 cm³/mol. The van der Waals surface area contributed by atoms with Crippen LogP contribution in [-0.2, 0) is 17.4 Å². The fourth-order valence-electron chi connectivity index (χ4n) is 3.59. The van der Waals surface area contributed by atoms with Crippen molar-refractivity contribution in [3.63, 3.8) is 0 Å². The van der Waals surface area contributed by atoms with E-state index in [1.165, 1.54) is 13.8 Å². The first kappa shape index (κ1) is 26.8. The lowest BCUT2D eigenvalue weighted by Gasteiger charge is -2.30. The third-order valence-electron chi connectivity index (χ3n) is 5.58. The number of aromatic nitrogens is 1. The standard InChI is InChI=1S/C26H25Cl2F3N2O2/c1-16(22(18-5-4-6-21(28)14-18)13-17-7-10-20(27)11-8-17)33-24(34)25(2,3)35-23-12-9-19(15-32-23)26(29,30)31/h4-12,14-16,22H,13H2,1-3H3,(H,33,34). The second-order valence-electron chi connectivity index (χ2n) is 8.75. The summed E-state index contributed by atoms with van der Waals surface area (Å²) >= 11 is 12.2. The molecule has 0 fully saturated rings. The highest BCUT2D eigenvalue weighted by Gasteiger charge is 2.34. The lowest BCUT2D eigenvalue weighted by molar-refractivity contribution is -0.138. The molecular weight excluding hydrogens is 500 g/mol. The molecule has 2 atom stereocenters. The van der Waals surface area contributed by atoms with E-state index >= 15 is 0 Å². The number of nitrogens with zero attached hydrogens (tertiary/aromatic N) is 1. The molecule has 35 heavy (non-hydrogen) atoms. The van der Waals surface area contributed by atoms with Crippen molar-refractivity contribution in [3.8, 4) is 5.88 Å². The van der Waals surface area contributed by atoms with Gasteiger partial charge in [0.05, 0.1) is 5.56 Å². The Morgan fingerprint density at radius 3 is 2.29 bits per heavy atom. The predicted octanol–water partition coefficient (Wildman–Crippen LogP) is 7.10. The topological polar surface area (TPSA) is 51.2 Å². The van der Waals surface area contributed by atoms with Crippen molar-refractivity contribution in [2.24, 2.45) is 0 Å². The zero-order valence-corrected chi connectivity index (χ0v) is 20.9. The normalized spacial score (nSPS) is 13.7. The molecule has 0 radical (unpaired) electrons. The van der Waals surface area contributed by atoms with Crippen LogP contribution < -0.4 is 10.1 Å². The van der Waals surface area contributed by atoms with Gasteiger partial charge < -0.3 is 10.1 Å². The van der Waals surface area contributed by atoms with Gasteiger partial charge in [-0.15, -0.1) is 0 Å². The van der Waals surface area contributed by atoms with Crippen molar-refractivity contribution in [1.82, 2.24) is 10.3 Å². The highest BCUT2D eigenvalue weighted by Crippen LogP contribution is 2.30. The molecule has 3 aromatic rings. The molecule has 3 rings (SSSR count). The number of halogens is 5. The number of carbonyl (C=O) groups is 1. The lowest BCUT2D eigenvalue weighted by Crippen LogP contribution is -2.51. The summed E-state index contributed by atoms with van der Waals surface area (Å²) in [5.74, 6) is -0.646. The summed E-state index contributed by atoms with van der Waals surface area (Å²) in [5.41, 5.74) is -0.305. The van der Waals surface area contributed by atoms with Gasteiger partial charge in [-0.05, 0) is 68.7 Å². The van der Waals surface area contributed by atoms with Gasteiger partial charge in [0.1, 0.15) is 0 Å². The average Bonchev–Trinajstić information content (AvgIpc) is 2.78. The Morgan fingerprint density at radius 1 is 1.03 bits per heavy atom. The molecule has 0 spiro atoms. The Bertz CT molecular complexity index is 1150. The second-order valence-corrected chi connectivity index (χ2v) is 9.62. The largest absolute Gasteiger partial charge is 0.462 e. The minimum absolute atomic E-state index is 0.0849. The van der Waals surface area contributed by atoms with E-state index in [-0.39, 0.29) is 17.8 Å². The van der Waals surface area contributed by atoms with Crippen LogP contribution in [0.3, 0.4) is 0 Å². The summed E-state index contributed by atoms with van der Waals surface area (Å²) in [6.07, 6.45) is -3.22. The minimum atomic E-state index is -4.51. The van der Waals surface area contributed by atoms with Gasteiger partial charge in [0, 0.05) is 34.3 Å². The number of ether oxygens (including phenoxy) is 1. The second kappa shape index (κ2) is 10.9. The van der Waals surface area contributed by atoms with Crippen LogP contribution in [0.4, 0.5) is 13.2 Å². The average molecular weight is 525 g/mol. The first-order chi connectivity index (χ1) is 16.3. The van der Waals surface area contributed by atoms with Crippen LogP contribution in [-0.4, -0.2) is 22.5 Å². The SMILES string of the molecule is CC(NC(=O)C(C)(C)Oc1ccc(C(F)(F)F)cn1)C(Cc1ccc(Cl)cc1)c1cccc(Cl)c1. The van der Waals surface area contributed by atoms with Gasteiger partial charge in [0.25, 0.3) is 5.91 Å². The van der Waals surface area contributed by atoms with Gasteiger partial charge in [0.2, 0.25) is 5.88 Å². The minimum Gasteiger partial charge on any atom is -0.462 e. The summed E-state index contributed by atoms with van der Waals surface area (Å²) in [5, 5.41) is 4.20. The van der Waals surface area contributed by atoms with Gasteiger partial charge in [-0.1, -0.05) is 47.5 Å². The number of nitrogens with one attached hydrogen (secondary N) is 1. The van der Waals surface area contributed by atoms with E-state index in [2.05, 4.69) is 10.3 Å². The Kier molecular flexibility index (Phi) is 8.34. The summed E-state index contributed by atoms with van der Waals surface area (Å²) < 4.78 is 44.0. The molecule has 0 saturated carbocycles. The molecule has 2 unspecified atom stereocenters. The Morgan fingerprint density at radius 2 is 1.71 bits per heavy atom. The highest BCUT2D eigenvalue weighted by atomic mass is 35.5. The van der Waals surface area contributed by atoms with Crippen LogP contribution in [0.1, 0.15) is 43.4 Å². The third-order valence-corrected chi connectivity index (χ3v) is 6.07. The van der Waals surface area contributed by atoms with Crippen molar-refractivity contribution >= 4 is 29.1 Å². The zero-order chi connectivity index (χ0) is 25.8. The smallest absolute Gasteiger partial charge is 0.417 e. The maximum atomic E-state index is 13.1. The third kappa shape index (κ3) is 7.36. The summed E-state index contributed by atoms with van der Waals surface area (Å²) in [4.78, 5) is 16.8. The van der Waals surface area contributed by atoms with Crippen LogP contribution in [0.15, 0.2) is 66.9 Å². The zero-order valence-electron chi connectivity index (χ0n) is 19.4. The molecule has 0 aliphatic carbocycles. The maximum absolute atomic E-state index is 13.1. The van der Waals surface area contributed by atoms with E-state index in [4.69, 9.17) is 27.9 Å². The van der Waals surface area contributed by atoms with Gasteiger partial charge in [-0.25, -0.2) is 4.98 Å². The van der Waals surface area contributed by atoms with E-state index in [1.54, 1.807) is 6.07 Å². The quantitative estimate of drug-likeness (QED) is 0.342. The van der Waals surface area contributed by atoms with Crippen molar-refractivity contribution in [2.45, 2.75) is 50.9 Å². The number of carbonyl (C=O) groups excluding carboxylic acids is 1. The first-order valence-corrected chi connectivity index (χ1v) is 11.6. The van der Waals surface area contributed by atoms with Crippen LogP contribution in [0.5, 0.6) is 5.88 Å². The Hall–Kier alpha value is -2.77. The van der Waals surface area contributed by atoms with Crippen molar-refractivity contribution in [3.05, 3.63) is 93.6 Å². The molecule has 9 heteroatoms. The Labute approximate surface area is 212 Å². The molecule has 4 nitrogen and oxygen atoms in total. The molecule has 0 saturated heterocycles. The van der Waals surface area contributed by atoms with Crippen molar-refractivity contribution < 1.29 is 22.7 Å². The van der Waals surface area contributed by atoms with E-state index < -0.39 is 23.2 Å². The van der Waals surface area contributed by atoms with Crippen LogP contribution in [0, 0.1) is 0 Å². The fourth-order valence-corrected chi connectivity index (χ4v) is 3.92. The molecule has 186 valence electrons. The molecule has 1 heterocycles. The van der Waals surface area contributed by atoms with Gasteiger partial charge in [-0.2, -0.15) is 13.2 Å². The van der Waals surface area contributed by atoms with Crippen molar-refractivity contribution in [2.75, 3.05) is 0 Å². The molecule has 0 aliphatic rings. The lowest BCUT2D eigenvalue weighted by atomic mass is 9.86. The number of rotatable bonds is 8. The number of alkyl halides is 3. The van der Waals surface area contributed by atoms with E-state index in [0.717, 1.165) is 23.3 Å². The molecule has 0 bridgehead atoms. The van der Waals surface area contributed by atoms with Gasteiger partial charge in [0.15, 0.2) is 5.60 Å². The molecule has 1 amide bonds. The molecule has 1 N–H and O–H groups in total. The van der Waals surface area contributed by atoms with Gasteiger partial charge in [-0.3, -0.25) is 4.79 Å². The number of hydrogen-bond acceptors (Lipinski definition) is 3. The number of hydrogen-bond donors (Lipinski definition) is 1. The van der Waals surface area contributed by atoms with Crippen molar-refractivity contribution in [1.29, 1.82) is 0 Å². The summed E-state index contributed by atoms with van der Waals surface area (Å²) in [6.45, 7) is 4.94. The fraction of sp³-hybridized carbons (Fsp3) is 0.308. The molecule has 2 aromatic carbocycles. The maximum Gasteiger partial charge on any atom is 0.417 e. The monoisotopic (exact) mass is 524 g/mol. The van der Waals surface area contributed by atoms with E-state index in [9.17, 15) is 18.0 Å². The van der Waals surface area contributed by atoms with E-state index in [0.29, 0.717) is 22.7 Å². The first-order valence-electron chi connectivity index (χ1n) is 10.9. The molecule has 0 aliphatic heterocycles. The summed E-state index contributed by atoms with van der Waals surface area (Å²) in [7, 11) is 0. The van der Waals surface area contributed by atoms with Crippen LogP contribution >= 0.6 is 23.2 Å². The van der Waals surface area contributed by atoms with Crippen LogP contribution in [0.2, 0.25) is 10.0 Å². The number of pyridine rings is 1. The van der Waals surface area contributed by atoms with Gasteiger partial charge >= 0.3 is 6.18 Å². The number of amides is 1. The van der Waals surface area contributed by atoms with E-state index in [1.807, 2.05) is 49.4 Å². The van der Waals surface area contributed by atoms with Crippen LogP contribution in [0.25, 0.3) is 0 Å². The Balaban J connectivity index is 1.76. The molecular formula is C26H25Cl2F3N2O2.